The summed E-state index contributed by atoms with van der Waals surface area (Å²) in [6.45, 7) is 8.52. The second-order valence-corrected chi connectivity index (χ2v) is 9.75. The summed E-state index contributed by atoms with van der Waals surface area (Å²) in [6.07, 6.45) is 4.94. The van der Waals surface area contributed by atoms with Gasteiger partial charge in [0, 0.05) is 10.9 Å². The van der Waals surface area contributed by atoms with Gasteiger partial charge in [0.15, 0.2) is 5.16 Å². The van der Waals surface area contributed by atoms with Crippen molar-refractivity contribution in [2.24, 2.45) is 5.92 Å². The number of hydrogen-bond donors (Lipinski definition) is 1. The molecule has 6 nitrogen and oxygen atoms in total. The van der Waals surface area contributed by atoms with Crippen LogP contribution in [0.25, 0.3) is 10.2 Å². The average molecular weight is 390 g/mol. The largest absolute Gasteiger partial charge is 0.309 e. The predicted molar refractivity (Wildman–Crippen MR) is 106 cm³/mol. The van der Waals surface area contributed by atoms with Gasteiger partial charge in [0.2, 0.25) is 0 Å². The standard InChI is InChI=1S/C18H23N5OS2/c1-9(2)23-8-19-22-18(23)25-11(4)15-20-16(24)14-12-6-5-10(3)7-13(12)26-17(14)21-15/h8-11H,5-7H2,1-4H3,(H,20,21,24)/t10-,11+/m1/s1. The zero-order valence-corrected chi connectivity index (χ0v) is 17.1. The van der Waals surface area contributed by atoms with E-state index in [9.17, 15) is 4.79 Å². The van der Waals surface area contributed by atoms with Gasteiger partial charge in [0.05, 0.1) is 10.6 Å². The molecule has 2 atom stereocenters. The lowest BCUT2D eigenvalue weighted by atomic mass is 9.89. The zero-order valence-electron chi connectivity index (χ0n) is 15.4. The van der Waals surface area contributed by atoms with E-state index in [2.05, 4.69) is 36.0 Å². The number of aromatic amines is 1. The molecular formula is C18H23N5OS2. The highest BCUT2D eigenvalue weighted by Gasteiger charge is 2.24. The summed E-state index contributed by atoms with van der Waals surface area (Å²) in [4.78, 5) is 22.8. The van der Waals surface area contributed by atoms with Crippen LogP contribution in [0, 0.1) is 5.92 Å². The van der Waals surface area contributed by atoms with Crippen molar-refractivity contribution in [3.63, 3.8) is 0 Å². The molecule has 8 heteroatoms. The van der Waals surface area contributed by atoms with Crippen molar-refractivity contribution in [2.45, 2.75) is 63.4 Å². The van der Waals surface area contributed by atoms with Crippen LogP contribution >= 0.6 is 23.1 Å². The summed E-state index contributed by atoms with van der Waals surface area (Å²) in [5.41, 5.74) is 1.22. The van der Waals surface area contributed by atoms with Crippen LogP contribution in [-0.4, -0.2) is 24.7 Å². The van der Waals surface area contributed by atoms with Crippen LogP contribution < -0.4 is 5.56 Å². The molecule has 4 rings (SSSR count). The molecule has 0 saturated heterocycles. The van der Waals surface area contributed by atoms with Crippen LogP contribution in [-0.2, 0) is 12.8 Å². The minimum atomic E-state index is -0.00754. The van der Waals surface area contributed by atoms with E-state index in [1.165, 1.54) is 10.4 Å². The Morgan fingerprint density at radius 1 is 1.38 bits per heavy atom. The Kier molecular flexibility index (Phi) is 4.64. The number of fused-ring (bicyclic) bond motifs is 3. The fourth-order valence-corrected chi connectivity index (χ4v) is 5.85. The average Bonchev–Trinajstić information content (AvgIpc) is 3.18. The molecule has 0 bridgehead atoms. The number of thioether (sulfide) groups is 1. The number of nitrogens with zero attached hydrogens (tertiary/aromatic N) is 4. The molecular weight excluding hydrogens is 366 g/mol. The summed E-state index contributed by atoms with van der Waals surface area (Å²) < 4.78 is 2.03. The molecule has 26 heavy (non-hydrogen) atoms. The van der Waals surface area contributed by atoms with Gasteiger partial charge in [-0.3, -0.25) is 4.79 Å². The van der Waals surface area contributed by atoms with E-state index in [0.717, 1.165) is 34.6 Å². The molecule has 1 aliphatic rings. The minimum Gasteiger partial charge on any atom is -0.309 e. The number of thiophene rings is 1. The summed E-state index contributed by atoms with van der Waals surface area (Å²) in [5.74, 6) is 1.39. The number of aromatic nitrogens is 5. The van der Waals surface area contributed by atoms with Crippen molar-refractivity contribution < 1.29 is 0 Å². The van der Waals surface area contributed by atoms with Crippen LogP contribution in [0.1, 0.15) is 61.7 Å². The van der Waals surface area contributed by atoms with E-state index in [0.29, 0.717) is 17.8 Å². The fraction of sp³-hybridized carbons (Fsp3) is 0.556. The maximum atomic E-state index is 12.8. The molecule has 0 fully saturated rings. The monoisotopic (exact) mass is 389 g/mol. The van der Waals surface area contributed by atoms with Crippen molar-refractivity contribution in [3.05, 3.63) is 32.9 Å². The Bertz CT molecular complexity index is 1000. The molecule has 3 aromatic rings. The number of aryl methyl sites for hydroxylation is 1. The summed E-state index contributed by atoms with van der Waals surface area (Å²) >= 11 is 3.26. The molecule has 3 aromatic heterocycles. The fourth-order valence-electron chi connectivity index (χ4n) is 3.44. The van der Waals surface area contributed by atoms with Gasteiger partial charge < -0.3 is 9.55 Å². The van der Waals surface area contributed by atoms with E-state index in [1.807, 2.05) is 11.5 Å². The molecule has 0 saturated carbocycles. The maximum absolute atomic E-state index is 12.8. The van der Waals surface area contributed by atoms with Crippen LogP contribution in [0.3, 0.4) is 0 Å². The van der Waals surface area contributed by atoms with Gasteiger partial charge in [0.1, 0.15) is 17.0 Å². The highest BCUT2D eigenvalue weighted by Crippen LogP contribution is 2.37. The molecule has 0 amide bonds. The van der Waals surface area contributed by atoms with Crippen LogP contribution in [0.5, 0.6) is 0 Å². The molecule has 0 aliphatic heterocycles. The highest BCUT2D eigenvalue weighted by molar-refractivity contribution is 7.99. The second kappa shape index (κ2) is 6.81. The van der Waals surface area contributed by atoms with E-state index < -0.39 is 0 Å². The third-order valence-corrected chi connectivity index (χ3v) is 7.18. The quantitative estimate of drug-likeness (QED) is 0.679. The number of hydrogen-bond acceptors (Lipinski definition) is 6. The normalized spacial score (nSPS) is 18.4. The van der Waals surface area contributed by atoms with E-state index in [4.69, 9.17) is 4.98 Å². The first-order chi connectivity index (χ1) is 12.4. The first-order valence-electron chi connectivity index (χ1n) is 9.04. The number of nitrogens with one attached hydrogen (secondary N) is 1. The molecule has 0 radical (unpaired) electrons. The van der Waals surface area contributed by atoms with Gasteiger partial charge in [-0.2, -0.15) is 0 Å². The van der Waals surface area contributed by atoms with Gasteiger partial charge in [-0.1, -0.05) is 18.7 Å². The summed E-state index contributed by atoms with van der Waals surface area (Å²) in [6, 6.07) is 0.292. The zero-order chi connectivity index (χ0) is 18.4. The SMILES string of the molecule is CC(C)n1cnnc1S[C@@H](C)c1nc2sc3c(c2c(=O)[nH]1)CC[C@@H](C)C3. The Hall–Kier alpha value is -1.67. The number of H-pyrrole nitrogens is 1. The first-order valence-corrected chi connectivity index (χ1v) is 10.7. The molecule has 0 unspecified atom stereocenters. The van der Waals surface area contributed by atoms with Crippen molar-refractivity contribution in [1.82, 2.24) is 24.7 Å². The highest BCUT2D eigenvalue weighted by atomic mass is 32.2. The smallest absolute Gasteiger partial charge is 0.259 e. The third-order valence-electron chi connectivity index (χ3n) is 4.95. The Labute approximate surface area is 160 Å². The van der Waals surface area contributed by atoms with Crippen LogP contribution in [0.15, 0.2) is 16.3 Å². The molecule has 138 valence electrons. The molecule has 1 N–H and O–H groups in total. The second-order valence-electron chi connectivity index (χ2n) is 7.36. The summed E-state index contributed by atoms with van der Waals surface area (Å²) in [7, 11) is 0. The van der Waals surface area contributed by atoms with Crippen molar-refractivity contribution in [2.75, 3.05) is 0 Å². The molecule has 1 aliphatic carbocycles. The van der Waals surface area contributed by atoms with Gasteiger partial charge in [-0.15, -0.1) is 21.5 Å². The third kappa shape index (κ3) is 3.09. The van der Waals surface area contributed by atoms with Gasteiger partial charge in [-0.25, -0.2) is 4.98 Å². The Morgan fingerprint density at radius 2 is 2.19 bits per heavy atom. The maximum Gasteiger partial charge on any atom is 0.259 e. The molecule has 0 aromatic carbocycles. The lowest BCUT2D eigenvalue weighted by molar-refractivity contribution is 0.509. The van der Waals surface area contributed by atoms with Crippen LogP contribution in [0.4, 0.5) is 0 Å². The number of rotatable bonds is 4. The lowest BCUT2D eigenvalue weighted by Gasteiger charge is -2.17. The van der Waals surface area contributed by atoms with Gasteiger partial charge in [0.25, 0.3) is 5.56 Å². The minimum absolute atomic E-state index is 0.00479. The van der Waals surface area contributed by atoms with E-state index in [1.54, 1.807) is 29.4 Å². The van der Waals surface area contributed by atoms with Gasteiger partial charge in [-0.05, 0) is 51.5 Å². The predicted octanol–water partition coefficient (Wildman–Crippen LogP) is 4.14. The van der Waals surface area contributed by atoms with Gasteiger partial charge >= 0.3 is 0 Å². The van der Waals surface area contributed by atoms with Crippen molar-refractivity contribution >= 4 is 33.3 Å². The van der Waals surface area contributed by atoms with Crippen molar-refractivity contribution in [1.29, 1.82) is 0 Å². The topological polar surface area (TPSA) is 76.5 Å². The molecule has 0 spiro atoms. The van der Waals surface area contributed by atoms with Crippen LogP contribution in [0.2, 0.25) is 0 Å². The Balaban J connectivity index is 1.69. The Morgan fingerprint density at radius 3 is 2.96 bits per heavy atom. The first kappa shape index (κ1) is 17.7. The van der Waals surface area contributed by atoms with Crippen molar-refractivity contribution in [3.8, 4) is 0 Å². The lowest BCUT2D eigenvalue weighted by Crippen LogP contribution is -2.15. The summed E-state index contributed by atoms with van der Waals surface area (Å²) in [5, 5.41) is 9.86. The van der Waals surface area contributed by atoms with E-state index in [-0.39, 0.29) is 10.8 Å². The van der Waals surface area contributed by atoms with E-state index >= 15 is 0 Å². The molecule has 3 heterocycles.